The SMILES string of the molecule is O=C(c1ccc(C(F)(F)F)cc1)c1nccnc1N1CCNCC1. The molecule has 5 nitrogen and oxygen atoms in total. The summed E-state index contributed by atoms with van der Waals surface area (Å²) in [4.78, 5) is 22.9. The number of nitrogens with zero attached hydrogens (tertiary/aromatic N) is 3. The second-order valence-corrected chi connectivity index (χ2v) is 5.37. The van der Waals surface area contributed by atoms with E-state index in [1.165, 1.54) is 24.5 Å². The van der Waals surface area contributed by atoms with E-state index in [2.05, 4.69) is 15.3 Å². The fourth-order valence-corrected chi connectivity index (χ4v) is 2.55. The molecule has 1 saturated heterocycles. The Morgan fingerprint density at radius 3 is 2.29 bits per heavy atom. The zero-order valence-corrected chi connectivity index (χ0v) is 12.7. The van der Waals surface area contributed by atoms with Gasteiger partial charge in [0.25, 0.3) is 0 Å². The quantitative estimate of drug-likeness (QED) is 0.871. The minimum absolute atomic E-state index is 0.152. The number of anilines is 1. The van der Waals surface area contributed by atoms with Gasteiger partial charge in [0, 0.05) is 44.1 Å². The monoisotopic (exact) mass is 336 g/mol. The maximum Gasteiger partial charge on any atom is 0.416 e. The zero-order valence-electron chi connectivity index (χ0n) is 12.7. The van der Waals surface area contributed by atoms with Crippen molar-refractivity contribution in [1.29, 1.82) is 0 Å². The number of piperazine rings is 1. The van der Waals surface area contributed by atoms with Gasteiger partial charge in [0.1, 0.15) is 0 Å². The highest BCUT2D eigenvalue weighted by Gasteiger charge is 2.30. The van der Waals surface area contributed by atoms with Crippen LogP contribution in [-0.2, 0) is 6.18 Å². The number of benzene rings is 1. The maximum atomic E-state index is 12.6. The highest BCUT2D eigenvalue weighted by molar-refractivity contribution is 6.10. The Morgan fingerprint density at radius 1 is 1.04 bits per heavy atom. The number of carbonyl (C=O) groups excluding carboxylic acids is 1. The van der Waals surface area contributed by atoms with E-state index in [0.29, 0.717) is 18.9 Å². The van der Waals surface area contributed by atoms with Gasteiger partial charge in [-0.1, -0.05) is 12.1 Å². The van der Waals surface area contributed by atoms with Gasteiger partial charge in [0.15, 0.2) is 11.5 Å². The molecule has 1 aliphatic heterocycles. The van der Waals surface area contributed by atoms with Crippen molar-refractivity contribution < 1.29 is 18.0 Å². The highest BCUT2D eigenvalue weighted by atomic mass is 19.4. The largest absolute Gasteiger partial charge is 0.416 e. The van der Waals surface area contributed by atoms with Crippen molar-refractivity contribution >= 4 is 11.6 Å². The molecule has 8 heteroatoms. The molecule has 0 saturated carbocycles. The molecule has 2 heterocycles. The van der Waals surface area contributed by atoms with Crippen molar-refractivity contribution in [2.24, 2.45) is 0 Å². The van der Waals surface area contributed by atoms with Crippen LogP contribution >= 0.6 is 0 Å². The van der Waals surface area contributed by atoms with E-state index >= 15 is 0 Å². The molecule has 1 aromatic heterocycles. The van der Waals surface area contributed by atoms with Crippen LogP contribution in [0.1, 0.15) is 21.6 Å². The normalized spacial score (nSPS) is 15.4. The van der Waals surface area contributed by atoms with Crippen LogP contribution in [-0.4, -0.2) is 41.9 Å². The third-order valence-corrected chi connectivity index (χ3v) is 3.78. The van der Waals surface area contributed by atoms with Gasteiger partial charge < -0.3 is 10.2 Å². The second-order valence-electron chi connectivity index (χ2n) is 5.37. The number of alkyl halides is 3. The van der Waals surface area contributed by atoms with E-state index in [-0.39, 0.29) is 11.3 Å². The average molecular weight is 336 g/mol. The molecule has 1 fully saturated rings. The van der Waals surface area contributed by atoms with E-state index in [1.807, 2.05) is 4.90 Å². The van der Waals surface area contributed by atoms with Crippen LogP contribution in [0, 0.1) is 0 Å². The first-order chi connectivity index (χ1) is 11.5. The van der Waals surface area contributed by atoms with Gasteiger partial charge in [-0.25, -0.2) is 9.97 Å². The van der Waals surface area contributed by atoms with Gasteiger partial charge in [-0.05, 0) is 12.1 Å². The van der Waals surface area contributed by atoms with Crippen LogP contribution in [0.3, 0.4) is 0 Å². The molecule has 24 heavy (non-hydrogen) atoms. The Labute approximate surface area is 136 Å². The lowest BCUT2D eigenvalue weighted by molar-refractivity contribution is -0.137. The van der Waals surface area contributed by atoms with E-state index in [0.717, 1.165) is 25.2 Å². The summed E-state index contributed by atoms with van der Waals surface area (Å²) in [5.74, 6) is 0.0225. The third kappa shape index (κ3) is 3.38. The van der Waals surface area contributed by atoms with Crippen molar-refractivity contribution in [3.63, 3.8) is 0 Å². The van der Waals surface area contributed by atoms with Crippen LogP contribution in [0.2, 0.25) is 0 Å². The van der Waals surface area contributed by atoms with Crippen LogP contribution in [0.4, 0.5) is 19.0 Å². The molecule has 0 atom stereocenters. The average Bonchev–Trinajstić information content (AvgIpc) is 2.61. The molecule has 0 unspecified atom stereocenters. The number of aromatic nitrogens is 2. The molecule has 126 valence electrons. The van der Waals surface area contributed by atoms with Gasteiger partial charge in [-0.15, -0.1) is 0 Å². The first kappa shape index (κ1) is 16.4. The smallest absolute Gasteiger partial charge is 0.352 e. The molecule has 0 aliphatic carbocycles. The molecule has 2 aromatic rings. The predicted octanol–water partition coefficient (Wildman–Crippen LogP) is 2.14. The topological polar surface area (TPSA) is 58.1 Å². The molecule has 0 bridgehead atoms. The Bertz CT molecular complexity index is 725. The van der Waals surface area contributed by atoms with Crippen LogP contribution < -0.4 is 10.2 Å². The number of hydrogen-bond acceptors (Lipinski definition) is 5. The Kier molecular flexibility index (Phi) is 4.48. The number of nitrogens with one attached hydrogen (secondary N) is 1. The first-order valence-corrected chi connectivity index (χ1v) is 7.45. The van der Waals surface area contributed by atoms with Gasteiger partial charge in [-0.3, -0.25) is 4.79 Å². The Morgan fingerprint density at radius 2 is 1.67 bits per heavy atom. The number of halogens is 3. The lowest BCUT2D eigenvalue weighted by atomic mass is 10.1. The first-order valence-electron chi connectivity index (χ1n) is 7.45. The van der Waals surface area contributed by atoms with Crippen molar-refractivity contribution in [3.05, 3.63) is 53.5 Å². The molecule has 3 rings (SSSR count). The summed E-state index contributed by atoms with van der Waals surface area (Å²) in [7, 11) is 0. The fraction of sp³-hybridized carbons (Fsp3) is 0.312. The van der Waals surface area contributed by atoms with Gasteiger partial charge in [0.2, 0.25) is 5.78 Å². The third-order valence-electron chi connectivity index (χ3n) is 3.78. The summed E-state index contributed by atoms with van der Waals surface area (Å²) in [6, 6.07) is 4.13. The van der Waals surface area contributed by atoms with Crippen molar-refractivity contribution in [1.82, 2.24) is 15.3 Å². The summed E-state index contributed by atoms with van der Waals surface area (Å²) in [5, 5.41) is 3.20. The van der Waals surface area contributed by atoms with Gasteiger partial charge in [-0.2, -0.15) is 13.2 Å². The Hall–Kier alpha value is -2.48. The summed E-state index contributed by atoms with van der Waals surface area (Å²) in [6.45, 7) is 2.91. The predicted molar refractivity (Wildman–Crippen MR) is 82.0 cm³/mol. The summed E-state index contributed by atoms with van der Waals surface area (Å²) < 4.78 is 37.9. The molecular weight excluding hydrogens is 321 g/mol. The minimum atomic E-state index is -4.43. The van der Waals surface area contributed by atoms with Crippen LogP contribution in [0.5, 0.6) is 0 Å². The van der Waals surface area contributed by atoms with Gasteiger partial charge >= 0.3 is 6.18 Å². The molecule has 0 amide bonds. The number of carbonyl (C=O) groups is 1. The molecular formula is C16H15F3N4O. The van der Waals surface area contributed by atoms with Crippen molar-refractivity contribution in [3.8, 4) is 0 Å². The number of rotatable bonds is 3. The zero-order chi connectivity index (χ0) is 17.2. The lowest BCUT2D eigenvalue weighted by Crippen LogP contribution is -2.44. The second kappa shape index (κ2) is 6.56. The van der Waals surface area contributed by atoms with Crippen molar-refractivity contribution in [2.45, 2.75) is 6.18 Å². The van der Waals surface area contributed by atoms with Crippen LogP contribution in [0.25, 0.3) is 0 Å². The summed E-state index contributed by atoms with van der Waals surface area (Å²) in [5.41, 5.74) is -0.487. The fourth-order valence-electron chi connectivity index (χ4n) is 2.55. The standard InChI is InChI=1S/C16H15F3N4O/c17-16(18,19)12-3-1-11(2-4-12)14(24)13-15(22-6-5-21-13)23-9-7-20-8-10-23/h1-6,20H,7-10H2. The molecule has 0 spiro atoms. The van der Waals surface area contributed by atoms with Gasteiger partial charge in [0.05, 0.1) is 5.56 Å². The highest BCUT2D eigenvalue weighted by Crippen LogP contribution is 2.29. The molecule has 0 radical (unpaired) electrons. The maximum absolute atomic E-state index is 12.6. The lowest BCUT2D eigenvalue weighted by Gasteiger charge is -2.29. The van der Waals surface area contributed by atoms with E-state index in [4.69, 9.17) is 0 Å². The van der Waals surface area contributed by atoms with E-state index in [1.54, 1.807) is 0 Å². The van der Waals surface area contributed by atoms with E-state index in [9.17, 15) is 18.0 Å². The minimum Gasteiger partial charge on any atom is -0.352 e. The number of hydrogen-bond donors (Lipinski definition) is 1. The van der Waals surface area contributed by atoms with Crippen molar-refractivity contribution in [2.75, 3.05) is 31.1 Å². The summed E-state index contributed by atoms with van der Waals surface area (Å²) >= 11 is 0. The summed E-state index contributed by atoms with van der Waals surface area (Å²) in [6.07, 6.45) is -1.52. The van der Waals surface area contributed by atoms with E-state index < -0.39 is 17.5 Å². The molecule has 1 aliphatic rings. The number of ketones is 1. The molecule has 1 aromatic carbocycles. The Balaban J connectivity index is 1.90. The molecule has 1 N–H and O–H groups in total. The van der Waals surface area contributed by atoms with Crippen LogP contribution in [0.15, 0.2) is 36.7 Å².